The maximum Gasteiger partial charge on any atom is 0.193 e. The third-order valence-electron chi connectivity index (χ3n) is 4.10. The number of nitrogens with zero attached hydrogens (tertiary/aromatic N) is 1. The topological polar surface area (TPSA) is 77.4 Å². The first-order valence-corrected chi connectivity index (χ1v) is 9.71. The molecule has 5 nitrogen and oxygen atoms in total. The molecular formula is C21H37NO4. The lowest BCUT2D eigenvalue weighted by Crippen LogP contribution is -2.55. The number of carboxylic acids is 1. The van der Waals surface area contributed by atoms with Crippen LogP contribution in [0.5, 0.6) is 0 Å². The van der Waals surface area contributed by atoms with Crippen molar-refractivity contribution in [3.8, 4) is 0 Å². The van der Waals surface area contributed by atoms with Crippen LogP contribution in [0.25, 0.3) is 0 Å². The first-order chi connectivity index (χ1) is 12.1. The summed E-state index contributed by atoms with van der Waals surface area (Å²) in [6.45, 7) is 2.22. The van der Waals surface area contributed by atoms with Gasteiger partial charge in [-0.15, -0.1) is 0 Å². The van der Waals surface area contributed by atoms with E-state index in [0.29, 0.717) is 0 Å². The van der Waals surface area contributed by atoms with Gasteiger partial charge in [-0.2, -0.15) is 0 Å². The zero-order valence-corrected chi connectivity index (χ0v) is 17.0. The van der Waals surface area contributed by atoms with Crippen LogP contribution < -0.4 is 5.11 Å². The van der Waals surface area contributed by atoms with Gasteiger partial charge >= 0.3 is 0 Å². The standard InChI is InChI=1S/C21H37NO4/c1-5-6-7-8-9-10-11-12-13-14-15-16-19(23)21(26,17-20(24)25)18-22(2,3)4/h13-16,26H,5-12,17-18H2,1-4H3. The highest BCUT2D eigenvalue weighted by Gasteiger charge is 2.39. The number of allylic oxidation sites excluding steroid dienone is 3. The third-order valence-corrected chi connectivity index (χ3v) is 4.10. The van der Waals surface area contributed by atoms with Gasteiger partial charge in [-0.05, 0) is 18.9 Å². The minimum Gasteiger partial charge on any atom is -0.550 e. The number of quaternary nitrogens is 1. The molecule has 0 radical (unpaired) electrons. The molecule has 26 heavy (non-hydrogen) atoms. The summed E-state index contributed by atoms with van der Waals surface area (Å²) in [5.74, 6) is -2.03. The van der Waals surface area contributed by atoms with Gasteiger partial charge in [0, 0.05) is 12.4 Å². The predicted molar refractivity (Wildman–Crippen MR) is 103 cm³/mol. The number of aliphatic hydroxyl groups is 1. The van der Waals surface area contributed by atoms with E-state index in [0.717, 1.165) is 12.8 Å². The Hall–Kier alpha value is -1.46. The average molecular weight is 368 g/mol. The molecule has 0 saturated heterocycles. The molecular weight excluding hydrogens is 330 g/mol. The lowest BCUT2D eigenvalue weighted by molar-refractivity contribution is -0.875. The van der Waals surface area contributed by atoms with Crippen LogP contribution in [0.2, 0.25) is 0 Å². The highest BCUT2D eigenvalue weighted by Crippen LogP contribution is 2.16. The van der Waals surface area contributed by atoms with Crippen molar-refractivity contribution in [3.05, 3.63) is 24.3 Å². The van der Waals surface area contributed by atoms with Crippen LogP contribution in [0.1, 0.15) is 64.7 Å². The summed E-state index contributed by atoms with van der Waals surface area (Å²) in [6, 6.07) is 0. The summed E-state index contributed by atoms with van der Waals surface area (Å²) >= 11 is 0. The molecule has 5 heteroatoms. The van der Waals surface area contributed by atoms with Crippen LogP contribution in [0.3, 0.4) is 0 Å². The van der Waals surface area contributed by atoms with Crippen LogP contribution in [-0.4, -0.2) is 54.6 Å². The van der Waals surface area contributed by atoms with Crippen LogP contribution in [0.15, 0.2) is 24.3 Å². The molecule has 0 fully saturated rings. The first-order valence-electron chi connectivity index (χ1n) is 9.71. The molecule has 0 aliphatic carbocycles. The van der Waals surface area contributed by atoms with Crippen molar-refractivity contribution in [2.75, 3.05) is 27.7 Å². The van der Waals surface area contributed by atoms with Crippen molar-refractivity contribution in [1.29, 1.82) is 0 Å². The molecule has 0 rings (SSSR count). The number of carbonyl (C=O) groups excluding carboxylic acids is 2. The molecule has 0 spiro atoms. The molecule has 0 aliphatic heterocycles. The Kier molecular flexibility index (Phi) is 12.1. The van der Waals surface area contributed by atoms with Gasteiger partial charge in [-0.1, -0.05) is 63.7 Å². The van der Waals surface area contributed by atoms with Gasteiger partial charge in [-0.25, -0.2) is 0 Å². The molecule has 0 aliphatic rings. The summed E-state index contributed by atoms with van der Waals surface area (Å²) in [4.78, 5) is 23.2. The summed E-state index contributed by atoms with van der Waals surface area (Å²) in [5.41, 5.74) is -1.94. The minimum absolute atomic E-state index is 0.00585. The molecule has 150 valence electrons. The van der Waals surface area contributed by atoms with Gasteiger partial charge < -0.3 is 19.5 Å². The number of rotatable bonds is 15. The molecule has 1 atom stereocenters. The molecule has 1 N–H and O–H groups in total. The Morgan fingerprint density at radius 2 is 1.58 bits per heavy atom. The molecule has 0 aromatic carbocycles. The second-order valence-electron chi connectivity index (χ2n) is 8.09. The van der Waals surface area contributed by atoms with E-state index < -0.39 is 23.8 Å². The van der Waals surface area contributed by atoms with Gasteiger partial charge in [0.1, 0.15) is 6.54 Å². The number of hydrogen-bond donors (Lipinski definition) is 1. The van der Waals surface area contributed by atoms with Gasteiger partial charge in [0.25, 0.3) is 0 Å². The summed E-state index contributed by atoms with van der Waals surface area (Å²) < 4.78 is 0.275. The van der Waals surface area contributed by atoms with Crippen molar-refractivity contribution in [3.63, 3.8) is 0 Å². The Morgan fingerprint density at radius 1 is 1.00 bits per heavy atom. The van der Waals surface area contributed by atoms with Gasteiger partial charge in [0.2, 0.25) is 0 Å². The second-order valence-corrected chi connectivity index (χ2v) is 8.09. The summed E-state index contributed by atoms with van der Waals surface area (Å²) in [7, 11) is 5.37. The van der Waals surface area contributed by atoms with E-state index in [2.05, 4.69) is 6.92 Å². The maximum absolute atomic E-state index is 12.3. The molecule has 0 aromatic rings. The van der Waals surface area contributed by atoms with Crippen molar-refractivity contribution >= 4 is 11.8 Å². The molecule has 0 amide bonds. The van der Waals surface area contributed by atoms with E-state index in [1.165, 1.54) is 44.6 Å². The monoisotopic (exact) mass is 367 g/mol. The average Bonchev–Trinajstić information content (AvgIpc) is 2.49. The number of ketones is 1. The lowest BCUT2D eigenvalue weighted by Gasteiger charge is -2.34. The van der Waals surface area contributed by atoms with E-state index >= 15 is 0 Å². The normalized spacial score (nSPS) is 14.8. The number of carboxylic acid groups (broad SMARTS) is 1. The largest absolute Gasteiger partial charge is 0.550 e. The highest BCUT2D eigenvalue weighted by atomic mass is 16.4. The van der Waals surface area contributed by atoms with E-state index in [4.69, 9.17) is 0 Å². The number of aliphatic carboxylic acids is 1. The zero-order valence-electron chi connectivity index (χ0n) is 17.0. The van der Waals surface area contributed by atoms with E-state index in [1.54, 1.807) is 33.3 Å². The number of unbranched alkanes of at least 4 members (excludes halogenated alkanes) is 7. The Morgan fingerprint density at radius 3 is 2.12 bits per heavy atom. The quantitative estimate of drug-likeness (QED) is 0.209. The van der Waals surface area contributed by atoms with Gasteiger partial charge in [-0.3, -0.25) is 4.79 Å². The minimum atomic E-state index is -1.94. The number of hydrogen-bond acceptors (Lipinski definition) is 4. The SMILES string of the molecule is CCCCCCCCCC=CC=CC(=O)C(O)(CC(=O)[O-])C[N+](C)(C)C. The van der Waals surface area contributed by atoms with Crippen LogP contribution in [0.4, 0.5) is 0 Å². The van der Waals surface area contributed by atoms with Crippen molar-refractivity contribution in [2.24, 2.45) is 0 Å². The van der Waals surface area contributed by atoms with Crippen molar-refractivity contribution in [1.82, 2.24) is 0 Å². The maximum atomic E-state index is 12.3. The third kappa shape index (κ3) is 12.8. The van der Waals surface area contributed by atoms with Gasteiger partial charge in [0.05, 0.1) is 21.1 Å². The van der Waals surface area contributed by atoms with Crippen LogP contribution in [0, 0.1) is 0 Å². The first kappa shape index (κ1) is 24.5. The number of likely N-dealkylation sites (N-methyl/N-ethyl adjacent to an activating group) is 1. The van der Waals surface area contributed by atoms with E-state index in [-0.39, 0.29) is 11.0 Å². The number of carbonyl (C=O) groups is 2. The highest BCUT2D eigenvalue weighted by molar-refractivity contribution is 5.99. The van der Waals surface area contributed by atoms with E-state index in [1.807, 2.05) is 6.08 Å². The molecule has 0 aromatic heterocycles. The molecule has 1 unspecified atom stereocenters. The summed E-state index contributed by atoms with van der Waals surface area (Å²) in [6.07, 6.45) is 15.6. The molecule has 0 saturated carbocycles. The fourth-order valence-electron chi connectivity index (χ4n) is 2.94. The molecule has 0 heterocycles. The Bertz CT molecular complexity index is 477. The smallest absolute Gasteiger partial charge is 0.193 e. The predicted octanol–water partition coefficient (Wildman–Crippen LogP) is 2.39. The Labute approximate surface area is 159 Å². The van der Waals surface area contributed by atoms with E-state index in [9.17, 15) is 19.8 Å². The fourth-order valence-corrected chi connectivity index (χ4v) is 2.94. The zero-order chi connectivity index (χ0) is 20.1. The summed E-state index contributed by atoms with van der Waals surface area (Å²) in [5, 5.41) is 21.4. The molecule has 0 bridgehead atoms. The van der Waals surface area contributed by atoms with Gasteiger partial charge in [0.15, 0.2) is 11.4 Å². The Balaban J connectivity index is 4.33. The van der Waals surface area contributed by atoms with Crippen LogP contribution in [-0.2, 0) is 9.59 Å². The fraction of sp³-hybridized carbons (Fsp3) is 0.714. The van der Waals surface area contributed by atoms with Crippen molar-refractivity contribution < 1.29 is 24.3 Å². The van der Waals surface area contributed by atoms with Crippen molar-refractivity contribution in [2.45, 2.75) is 70.3 Å². The lowest BCUT2D eigenvalue weighted by atomic mass is 9.92. The van der Waals surface area contributed by atoms with Crippen LogP contribution >= 0.6 is 0 Å². The second kappa shape index (κ2) is 12.8.